The van der Waals surface area contributed by atoms with Crippen molar-refractivity contribution in [2.75, 3.05) is 11.9 Å². The molecule has 8 heteroatoms. The number of hydrogen-bond acceptors (Lipinski definition) is 6. The molecule has 2 bridgehead atoms. The van der Waals surface area contributed by atoms with Crippen molar-refractivity contribution in [1.82, 2.24) is 0 Å². The van der Waals surface area contributed by atoms with Gasteiger partial charge in [0.2, 0.25) is 5.91 Å². The zero-order valence-electron chi connectivity index (χ0n) is 17.3. The normalized spacial score (nSPS) is 28.2. The SMILES string of the molecule is CCOC(=O)c1c(NC(=O)[C@@H]2[C@@H](C(=O)O)[C@@H]3CC[C@H]2O3)sc2c1CCCCCCC2. The summed E-state index contributed by atoms with van der Waals surface area (Å²) in [7, 11) is 0. The topological polar surface area (TPSA) is 102 Å². The highest BCUT2D eigenvalue weighted by molar-refractivity contribution is 7.17. The average molecular weight is 436 g/mol. The Hall–Kier alpha value is -1.93. The van der Waals surface area contributed by atoms with Gasteiger partial charge < -0.3 is 19.9 Å². The van der Waals surface area contributed by atoms with E-state index in [1.807, 2.05) is 0 Å². The maximum atomic E-state index is 13.2. The molecule has 30 heavy (non-hydrogen) atoms. The van der Waals surface area contributed by atoms with Gasteiger partial charge in [0.25, 0.3) is 0 Å². The van der Waals surface area contributed by atoms with Crippen LogP contribution in [-0.4, -0.2) is 41.8 Å². The van der Waals surface area contributed by atoms with E-state index in [4.69, 9.17) is 9.47 Å². The van der Waals surface area contributed by atoms with E-state index in [1.165, 1.54) is 17.8 Å². The smallest absolute Gasteiger partial charge is 0.341 e. The van der Waals surface area contributed by atoms with Crippen LogP contribution in [0.2, 0.25) is 0 Å². The van der Waals surface area contributed by atoms with E-state index in [0.29, 0.717) is 23.4 Å². The molecule has 2 N–H and O–H groups in total. The summed E-state index contributed by atoms with van der Waals surface area (Å²) in [5.74, 6) is -3.35. The molecule has 0 unspecified atom stereocenters. The van der Waals surface area contributed by atoms with Crippen LogP contribution in [0.25, 0.3) is 0 Å². The van der Waals surface area contributed by atoms with Crippen LogP contribution >= 0.6 is 11.3 Å². The Labute approximate surface area is 180 Å². The van der Waals surface area contributed by atoms with E-state index in [9.17, 15) is 19.5 Å². The molecule has 1 aromatic rings. The number of esters is 1. The van der Waals surface area contributed by atoms with E-state index in [2.05, 4.69) is 5.32 Å². The van der Waals surface area contributed by atoms with Crippen LogP contribution in [0.5, 0.6) is 0 Å². The van der Waals surface area contributed by atoms with E-state index >= 15 is 0 Å². The van der Waals surface area contributed by atoms with E-state index in [1.54, 1.807) is 6.92 Å². The molecular weight excluding hydrogens is 406 g/mol. The van der Waals surface area contributed by atoms with Gasteiger partial charge in [-0.2, -0.15) is 0 Å². The zero-order chi connectivity index (χ0) is 21.3. The number of carboxylic acid groups (broad SMARTS) is 1. The van der Waals surface area contributed by atoms with E-state index < -0.39 is 29.9 Å². The quantitative estimate of drug-likeness (QED) is 0.683. The Morgan fingerprint density at radius 1 is 1.07 bits per heavy atom. The van der Waals surface area contributed by atoms with Gasteiger partial charge in [0, 0.05) is 4.88 Å². The van der Waals surface area contributed by atoms with Gasteiger partial charge in [0.15, 0.2) is 0 Å². The van der Waals surface area contributed by atoms with Crippen LogP contribution < -0.4 is 5.32 Å². The number of carbonyl (C=O) groups excluding carboxylic acids is 2. The van der Waals surface area contributed by atoms with Gasteiger partial charge in [-0.25, -0.2) is 4.79 Å². The van der Waals surface area contributed by atoms with Crippen LogP contribution in [0.1, 0.15) is 72.7 Å². The van der Waals surface area contributed by atoms with Crippen LogP contribution in [0, 0.1) is 11.8 Å². The van der Waals surface area contributed by atoms with Gasteiger partial charge in [-0.05, 0) is 51.0 Å². The summed E-state index contributed by atoms with van der Waals surface area (Å²) in [5, 5.41) is 13.0. The largest absolute Gasteiger partial charge is 0.481 e. The number of fused-ring (bicyclic) bond motifs is 3. The minimum Gasteiger partial charge on any atom is -0.481 e. The summed E-state index contributed by atoms with van der Waals surface area (Å²) in [6, 6.07) is 0. The van der Waals surface area contributed by atoms with Gasteiger partial charge in [-0.15, -0.1) is 11.3 Å². The first kappa shape index (κ1) is 21.3. The van der Waals surface area contributed by atoms with Crippen LogP contribution in [-0.2, 0) is 31.9 Å². The van der Waals surface area contributed by atoms with Crippen molar-refractivity contribution in [2.24, 2.45) is 11.8 Å². The summed E-state index contributed by atoms with van der Waals surface area (Å²) in [6.45, 7) is 2.03. The molecule has 1 aliphatic carbocycles. The summed E-state index contributed by atoms with van der Waals surface area (Å²) in [4.78, 5) is 38.8. The van der Waals surface area contributed by atoms with Crippen molar-refractivity contribution in [3.05, 3.63) is 16.0 Å². The maximum Gasteiger partial charge on any atom is 0.341 e. The molecule has 3 aliphatic rings. The lowest BCUT2D eigenvalue weighted by Crippen LogP contribution is -2.41. The third-order valence-corrected chi connectivity index (χ3v) is 7.71. The summed E-state index contributed by atoms with van der Waals surface area (Å²) >= 11 is 1.44. The monoisotopic (exact) mass is 435 g/mol. The highest BCUT2D eigenvalue weighted by atomic mass is 32.1. The maximum absolute atomic E-state index is 13.2. The molecule has 164 valence electrons. The molecule has 0 radical (unpaired) electrons. The van der Waals surface area contributed by atoms with Crippen molar-refractivity contribution in [2.45, 2.75) is 76.9 Å². The number of rotatable bonds is 5. The summed E-state index contributed by atoms with van der Waals surface area (Å²) in [6.07, 6.45) is 7.83. The number of thiophene rings is 1. The van der Waals surface area contributed by atoms with Gasteiger partial charge in [-0.3, -0.25) is 9.59 Å². The second kappa shape index (κ2) is 9.06. The number of carbonyl (C=O) groups is 3. The van der Waals surface area contributed by atoms with Crippen molar-refractivity contribution < 1.29 is 29.0 Å². The Bertz CT molecular complexity index is 834. The molecule has 4 rings (SSSR count). The second-order valence-corrected chi connectivity index (χ2v) is 9.47. The number of amides is 1. The molecule has 1 aromatic heterocycles. The van der Waals surface area contributed by atoms with Crippen LogP contribution in [0.3, 0.4) is 0 Å². The van der Waals surface area contributed by atoms with Crippen LogP contribution in [0.15, 0.2) is 0 Å². The predicted octanol–water partition coefficient (Wildman–Crippen LogP) is 3.79. The molecule has 2 saturated heterocycles. The third kappa shape index (κ3) is 3.99. The molecule has 4 atom stereocenters. The fourth-order valence-corrected chi connectivity index (χ4v) is 6.40. The first-order valence-corrected chi connectivity index (χ1v) is 11.8. The number of anilines is 1. The molecule has 1 amide bonds. The highest BCUT2D eigenvalue weighted by Crippen LogP contribution is 2.45. The van der Waals surface area contributed by atoms with E-state index in [-0.39, 0.29) is 18.6 Å². The number of aryl methyl sites for hydroxylation is 1. The van der Waals surface area contributed by atoms with Crippen molar-refractivity contribution in [1.29, 1.82) is 0 Å². The number of aliphatic carboxylic acids is 1. The van der Waals surface area contributed by atoms with Gasteiger partial charge >= 0.3 is 11.9 Å². The summed E-state index contributed by atoms with van der Waals surface area (Å²) in [5.41, 5.74) is 1.46. The standard InChI is InChI=1S/C22H29NO6S/c1-2-28-22(27)16-12-8-6-4-3-5-7-9-15(12)30-20(16)23-19(24)17-13-10-11-14(29-13)18(17)21(25)26/h13-14,17-18H,2-11H2,1H3,(H,23,24)(H,25,26)/t13-,14+,17+,18+/m1/s1. The first-order chi connectivity index (χ1) is 14.5. The predicted molar refractivity (Wildman–Crippen MR) is 112 cm³/mol. The van der Waals surface area contributed by atoms with Gasteiger partial charge in [0.1, 0.15) is 5.00 Å². The molecule has 2 fully saturated rings. The van der Waals surface area contributed by atoms with Crippen molar-refractivity contribution >= 4 is 34.2 Å². The first-order valence-electron chi connectivity index (χ1n) is 11.0. The molecule has 0 saturated carbocycles. The molecule has 7 nitrogen and oxygen atoms in total. The molecule has 2 aliphatic heterocycles. The summed E-state index contributed by atoms with van der Waals surface area (Å²) < 4.78 is 11.0. The fourth-order valence-electron chi connectivity index (χ4n) is 5.12. The molecule has 0 aromatic carbocycles. The minimum absolute atomic E-state index is 0.262. The van der Waals surface area contributed by atoms with Crippen LogP contribution in [0.4, 0.5) is 5.00 Å². The zero-order valence-corrected chi connectivity index (χ0v) is 18.1. The lowest BCUT2D eigenvalue weighted by atomic mass is 9.78. The lowest BCUT2D eigenvalue weighted by Gasteiger charge is -2.23. The van der Waals surface area contributed by atoms with Gasteiger partial charge in [0.05, 0.1) is 36.2 Å². The fraction of sp³-hybridized carbons (Fsp3) is 0.682. The number of hydrogen-bond donors (Lipinski definition) is 2. The Balaban J connectivity index is 1.63. The molecular formula is C22H29NO6S. The Morgan fingerprint density at radius 2 is 1.73 bits per heavy atom. The number of nitrogens with one attached hydrogen (secondary N) is 1. The average Bonchev–Trinajstić information content (AvgIpc) is 3.40. The van der Waals surface area contributed by atoms with Gasteiger partial charge in [-0.1, -0.05) is 19.3 Å². The molecule has 3 heterocycles. The third-order valence-electron chi connectivity index (χ3n) is 6.50. The number of carboxylic acids is 1. The number of ether oxygens (including phenoxy) is 2. The minimum atomic E-state index is -0.998. The Kier molecular flexibility index (Phi) is 6.43. The highest BCUT2D eigenvalue weighted by Gasteiger charge is 2.55. The van der Waals surface area contributed by atoms with Crippen molar-refractivity contribution in [3.63, 3.8) is 0 Å². The van der Waals surface area contributed by atoms with Crippen molar-refractivity contribution in [3.8, 4) is 0 Å². The second-order valence-electron chi connectivity index (χ2n) is 8.37. The lowest BCUT2D eigenvalue weighted by molar-refractivity contribution is -0.147. The molecule has 0 spiro atoms. The Morgan fingerprint density at radius 3 is 2.43 bits per heavy atom. The van der Waals surface area contributed by atoms with E-state index in [0.717, 1.165) is 49.0 Å².